The van der Waals surface area contributed by atoms with Gasteiger partial charge in [0.15, 0.2) is 0 Å². The Morgan fingerprint density at radius 1 is 1.22 bits per heavy atom. The van der Waals surface area contributed by atoms with E-state index in [0.29, 0.717) is 6.04 Å². The highest BCUT2D eigenvalue weighted by Gasteiger charge is 2.23. The van der Waals surface area contributed by atoms with Crippen molar-refractivity contribution in [3.05, 3.63) is 35.9 Å². The van der Waals surface area contributed by atoms with Gasteiger partial charge in [-0.1, -0.05) is 37.3 Å². The lowest BCUT2D eigenvalue weighted by Crippen LogP contribution is -2.41. The molecule has 2 heteroatoms. The predicted molar refractivity (Wildman–Crippen MR) is 75.5 cm³/mol. The van der Waals surface area contributed by atoms with Crippen molar-refractivity contribution in [3.8, 4) is 0 Å². The zero-order valence-electron chi connectivity index (χ0n) is 11.5. The van der Waals surface area contributed by atoms with Gasteiger partial charge >= 0.3 is 0 Å². The molecule has 1 aliphatic heterocycles. The molecule has 0 spiro atoms. The van der Waals surface area contributed by atoms with Crippen molar-refractivity contribution in [1.29, 1.82) is 0 Å². The Hall–Kier alpha value is -0.860. The molecule has 0 aliphatic carbocycles. The second-order valence-electron chi connectivity index (χ2n) is 5.74. The van der Waals surface area contributed by atoms with E-state index < -0.39 is 0 Å². The van der Waals surface area contributed by atoms with Crippen molar-refractivity contribution in [2.45, 2.75) is 45.3 Å². The monoisotopic (exact) mass is 247 g/mol. The van der Waals surface area contributed by atoms with Crippen LogP contribution in [-0.4, -0.2) is 29.1 Å². The predicted octanol–water partition coefficient (Wildman–Crippen LogP) is 3.23. The maximum absolute atomic E-state index is 10.2. The van der Waals surface area contributed by atoms with Gasteiger partial charge < -0.3 is 10.0 Å². The summed E-state index contributed by atoms with van der Waals surface area (Å²) in [5.41, 5.74) is 1.04. The van der Waals surface area contributed by atoms with E-state index in [1.807, 2.05) is 30.3 Å². The molecule has 1 fully saturated rings. The lowest BCUT2D eigenvalue weighted by Gasteiger charge is -2.37. The quantitative estimate of drug-likeness (QED) is 0.883. The van der Waals surface area contributed by atoms with E-state index in [-0.39, 0.29) is 6.10 Å². The van der Waals surface area contributed by atoms with Crippen molar-refractivity contribution >= 4 is 0 Å². The molecule has 0 bridgehead atoms. The zero-order valence-corrected chi connectivity index (χ0v) is 11.5. The first kappa shape index (κ1) is 13.6. The first-order chi connectivity index (χ1) is 8.66. The summed E-state index contributed by atoms with van der Waals surface area (Å²) in [4.78, 5) is 2.53. The second-order valence-corrected chi connectivity index (χ2v) is 5.74. The van der Waals surface area contributed by atoms with Crippen LogP contribution < -0.4 is 0 Å². The van der Waals surface area contributed by atoms with E-state index in [9.17, 15) is 5.11 Å². The highest BCUT2D eigenvalue weighted by Crippen LogP contribution is 2.23. The van der Waals surface area contributed by atoms with Gasteiger partial charge in [0.2, 0.25) is 0 Å². The number of nitrogens with zero attached hydrogens (tertiary/aromatic N) is 1. The fourth-order valence-corrected chi connectivity index (χ4v) is 2.82. The van der Waals surface area contributed by atoms with Gasteiger partial charge in [-0.3, -0.25) is 0 Å². The lowest BCUT2D eigenvalue weighted by molar-refractivity contribution is 0.0907. The standard InChI is InChI=1S/C16H25NO/c1-13-8-9-14(2)17(12-13)11-10-16(18)15-6-4-3-5-7-15/h3-7,13-14,16,18H,8-12H2,1-2H3. The third-order valence-corrected chi connectivity index (χ3v) is 4.12. The van der Waals surface area contributed by atoms with E-state index in [1.165, 1.54) is 19.4 Å². The molecule has 2 nitrogen and oxygen atoms in total. The fraction of sp³-hybridized carbons (Fsp3) is 0.625. The summed E-state index contributed by atoms with van der Waals surface area (Å²) in [6.45, 7) is 6.82. The third kappa shape index (κ3) is 3.56. The van der Waals surface area contributed by atoms with Gasteiger partial charge in [-0.2, -0.15) is 0 Å². The molecular formula is C16H25NO. The molecule has 100 valence electrons. The van der Waals surface area contributed by atoms with Crippen LogP contribution in [0.15, 0.2) is 30.3 Å². The van der Waals surface area contributed by atoms with Crippen LogP contribution in [0.25, 0.3) is 0 Å². The molecule has 0 saturated carbocycles. The van der Waals surface area contributed by atoms with Gasteiger partial charge in [0.1, 0.15) is 0 Å². The lowest BCUT2D eigenvalue weighted by atomic mass is 9.94. The summed E-state index contributed by atoms with van der Waals surface area (Å²) in [7, 11) is 0. The molecule has 3 unspecified atom stereocenters. The van der Waals surface area contributed by atoms with Gasteiger partial charge in [-0.25, -0.2) is 0 Å². The van der Waals surface area contributed by atoms with Crippen LogP contribution in [0.4, 0.5) is 0 Å². The molecule has 2 rings (SSSR count). The SMILES string of the molecule is CC1CCC(C)N(CCC(O)c2ccccc2)C1. The summed E-state index contributed by atoms with van der Waals surface area (Å²) in [6, 6.07) is 10.7. The third-order valence-electron chi connectivity index (χ3n) is 4.12. The van der Waals surface area contributed by atoms with Crippen molar-refractivity contribution in [3.63, 3.8) is 0 Å². The number of benzene rings is 1. The Kier molecular flexibility index (Phi) is 4.79. The topological polar surface area (TPSA) is 23.5 Å². The van der Waals surface area contributed by atoms with E-state index in [2.05, 4.69) is 18.7 Å². The van der Waals surface area contributed by atoms with Gasteiger partial charge in [-0.15, -0.1) is 0 Å². The number of aliphatic hydroxyl groups is 1. The van der Waals surface area contributed by atoms with Gasteiger partial charge in [0.25, 0.3) is 0 Å². The van der Waals surface area contributed by atoms with Gasteiger partial charge in [0.05, 0.1) is 6.10 Å². The van der Waals surface area contributed by atoms with Gasteiger partial charge in [-0.05, 0) is 37.7 Å². The van der Waals surface area contributed by atoms with Crippen LogP contribution >= 0.6 is 0 Å². The molecule has 1 aromatic carbocycles. The minimum Gasteiger partial charge on any atom is -0.388 e. The molecular weight excluding hydrogens is 222 g/mol. The maximum Gasteiger partial charge on any atom is 0.0802 e. The van der Waals surface area contributed by atoms with Crippen molar-refractivity contribution in [1.82, 2.24) is 4.90 Å². The first-order valence-corrected chi connectivity index (χ1v) is 7.14. The highest BCUT2D eigenvalue weighted by atomic mass is 16.3. The molecule has 0 aromatic heterocycles. The Morgan fingerprint density at radius 3 is 2.67 bits per heavy atom. The van der Waals surface area contributed by atoms with E-state index in [0.717, 1.165) is 24.4 Å². The van der Waals surface area contributed by atoms with Crippen LogP contribution in [0.2, 0.25) is 0 Å². The molecule has 1 N–H and O–H groups in total. The normalized spacial score (nSPS) is 27.1. The second kappa shape index (κ2) is 6.35. The molecule has 18 heavy (non-hydrogen) atoms. The van der Waals surface area contributed by atoms with Crippen LogP contribution in [0.1, 0.15) is 44.8 Å². The van der Waals surface area contributed by atoms with Crippen LogP contribution in [-0.2, 0) is 0 Å². The van der Waals surface area contributed by atoms with E-state index in [1.54, 1.807) is 0 Å². The van der Waals surface area contributed by atoms with Crippen LogP contribution in [0.5, 0.6) is 0 Å². The molecule has 0 amide bonds. The first-order valence-electron chi connectivity index (χ1n) is 7.14. The Bertz CT molecular complexity index is 351. The molecule has 3 atom stereocenters. The summed E-state index contributed by atoms with van der Waals surface area (Å²) in [5, 5.41) is 10.2. The molecule has 1 heterocycles. The number of piperidine rings is 1. The maximum atomic E-state index is 10.2. The summed E-state index contributed by atoms with van der Waals surface area (Å²) >= 11 is 0. The molecule has 1 saturated heterocycles. The summed E-state index contributed by atoms with van der Waals surface area (Å²) < 4.78 is 0. The largest absolute Gasteiger partial charge is 0.388 e. The summed E-state index contributed by atoms with van der Waals surface area (Å²) in [5.74, 6) is 0.801. The zero-order chi connectivity index (χ0) is 13.0. The van der Waals surface area contributed by atoms with Gasteiger partial charge in [0, 0.05) is 19.1 Å². The number of hydrogen-bond donors (Lipinski definition) is 1. The average Bonchev–Trinajstić information content (AvgIpc) is 2.40. The Labute approximate surface area is 111 Å². The van der Waals surface area contributed by atoms with Crippen molar-refractivity contribution < 1.29 is 5.11 Å². The fourth-order valence-electron chi connectivity index (χ4n) is 2.82. The number of likely N-dealkylation sites (tertiary alicyclic amines) is 1. The van der Waals surface area contributed by atoms with E-state index in [4.69, 9.17) is 0 Å². The number of rotatable bonds is 4. The van der Waals surface area contributed by atoms with E-state index >= 15 is 0 Å². The Morgan fingerprint density at radius 2 is 1.94 bits per heavy atom. The number of aliphatic hydroxyl groups excluding tert-OH is 1. The summed E-state index contributed by atoms with van der Waals surface area (Å²) in [6.07, 6.45) is 3.15. The van der Waals surface area contributed by atoms with Crippen LogP contribution in [0.3, 0.4) is 0 Å². The average molecular weight is 247 g/mol. The molecule has 1 aliphatic rings. The molecule has 1 aromatic rings. The smallest absolute Gasteiger partial charge is 0.0802 e. The minimum atomic E-state index is -0.323. The molecule has 0 radical (unpaired) electrons. The van der Waals surface area contributed by atoms with Crippen molar-refractivity contribution in [2.75, 3.05) is 13.1 Å². The van der Waals surface area contributed by atoms with Crippen LogP contribution in [0, 0.1) is 5.92 Å². The number of hydrogen-bond acceptors (Lipinski definition) is 2. The minimum absolute atomic E-state index is 0.323. The highest BCUT2D eigenvalue weighted by molar-refractivity contribution is 5.17. The Balaban J connectivity index is 1.83. The van der Waals surface area contributed by atoms with Crippen molar-refractivity contribution in [2.24, 2.45) is 5.92 Å².